The quantitative estimate of drug-likeness (QED) is 0.779. The lowest BCUT2D eigenvalue weighted by Crippen LogP contribution is -2.07. The minimum absolute atomic E-state index is 0.0483. The molecule has 0 saturated carbocycles. The third-order valence-corrected chi connectivity index (χ3v) is 2.81. The SMILES string of the molecule is COc1ccc(Br)c(C(O)CCN)c1O. The van der Waals surface area contributed by atoms with Gasteiger partial charge in [-0.25, -0.2) is 0 Å². The van der Waals surface area contributed by atoms with Crippen LogP contribution in [0.15, 0.2) is 16.6 Å². The molecule has 0 spiro atoms. The lowest BCUT2D eigenvalue weighted by atomic mass is 10.1. The smallest absolute Gasteiger partial charge is 0.164 e. The fourth-order valence-corrected chi connectivity index (χ4v) is 1.93. The van der Waals surface area contributed by atoms with E-state index in [0.29, 0.717) is 28.8 Å². The first-order valence-corrected chi connectivity index (χ1v) is 5.34. The van der Waals surface area contributed by atoms with Crippen molar-refractivity contribution in [2.75, 3.05) is 13.7 Å². The number of aliphatic hydroxyl groups is 1. The van der Waals surface area contributed by atoms with Gasteiger partial charge in [0.05, 0.1) is 13.2 Å². The molecule has 4 N–H and O–H groups in total. The zero-order chi connectivity index (χ0) is 11.4. The van der Waals surface area contributed by atoms with Crippen LogP contribution in [0.4, 0.5) is 0 Å². The summed E-state index contributed by atoms with van der Waals surface area (Å²) in [6.07, 6.45) is -0.404. The number of benzene rings is 1. The Morgan fingerprint density at radius 2 is 2.20 bits per heavy atom. The van der Waals surface area contributed by atoms with Crippen LogP contribution >= 0.6 is 15.9 Å². The van der Waals surface area contributed by atoms with Crippen molar-refractivity contribution in [2.24, 2.45) is 5.73 Å². The van der Waals surface area contributed by atoms with Gasteiger partial charge in [-0.1, -0.05) is 15.9 Å². The van der Waals surface area contributed by atoms with E-state index in [4.69, 9.17) is 10.5 Å². The number of phenols is 1. The number of hydrogen-bond acceptors (Lipinski definition) is 4. The summed E-state index contributed by atoms with van der Waals surface area (Å²) in [6, 6.07) is 3.34. The van der Waals surface area contributed by atoms with Crippen molar-refractivity contribution in [3.05, 3.63) is 22.2 Å². The molecule has 4 nitrogen and oxygen atoms in total. The molecule has 5 heteroatoms. The molecule has 0 fully saturated rings. The molecule has 0 saturated heterocycles. The van der Waals surface area contributed by atoms with Crippen molar-refractivity contribution >= 4 is 15.9 Å². The maximum Gasteiger partial charge on any atom is 0.164 e. The van der Waals surface area contributed by atoms with Crippen molar-refractivity contribution in [1.29, 1.82) is 0 Å². The molecule has 0 heterocycles. The molecule has 0 aromatic heterocycles. The summed E-state index contributed by atoms with van der Waals surface area (Å²) in [5.41, 5.74) is 5.77. The Morgan fingerprint density at radius 3 is 2.73 bits per heavy atom. The van der Waals surface area contributed by atoms with Gasteiger partial charge in [0.2, 0.25) is 0 Å². The van der Waals surface area contributed by atoms with E-state index in [1.807, 2.05) is 0 Å². The van der Waals surface area contributed by atoms with Crippen LogP contribution in [0.25, 0.3) is 0 Å². The van der Waals surface area contributed by atoms with Crippen LogP contribution in [0.3, 0.4) is 0 Å². The summed E-state index contributed by atoms with van der Waals surface area (Å²) in [5.74, 6) is 0.289. The van der Waals surface area contributed by atoms with E-state index in [-0.39, 0.29) is 5.75 Å². The number of aromatic hydroxyl groups is 1. The van der Waals surface area contributed by atoms with E-state index >= 15 is 0 Å². The van der Waals surface area contributed by atoms with Crippen LogP contribution in [-0.2, 0) is 0 Å². The third kappa shape index (κ3) is 2.62. The summed E-state index contributed by atoms with van der Waals surface area (Å²) < 4.78 is 5.60. The summed E-state index contributed by atoms with van der Waals surface area (Å²) in [7, 11) is 1.46. The molecule has 1 aromatic rings. The number of rotatable bonds is 4. The molecular formula is C10H14BrNO3. The van der Waals surface area contributed by atoms with Crippen LogP contribution in [0.1, 0.15) is 18.1 Å². The maximum absolute atomic E-state index is 9.81. The number of methoxy groups -OCH3 is 1. The summed E-state index contributed by atoms with van der Waals surface area (Å²) in [4.78, 5) is 0. The third-order valence-electron chi connectivity index (χ3n) is 2.12. The largest absolute Gasteiger partial charge is 0.504 e. The molecular weight excluding hydrogens is 262 g/mol. The lowest BCUT2D eigenvalue weighted by Gasteiger charge is -2.15. The second-order valence-corrected chi connectivity index (χ2v) is 3.96. The standard InChI is InChI=1S/C10H14BrNO3/c1-15-8-3-2-6(11)9(10(8)14)7(13)4-5-12/h2-3,7,13-14H,4-5,12H2,1H3. The Labute approximate surface area is 96.8 Å². The summed E-state index contributed by atoms with van der Waals surface area (Å²) in [5, 5.41) is 19.6. The first kappa shape index (κ1) is 12.3. The van der Waals surface area contributed by atoms with Crippen LogP contribution in [-0.4, -0.2) is 23.9 Å². The number of halogens is 1. The molecule has 0 amide bonds. The van der Waals surface area contributed by atoms with Gasteiger partial charge in [0.15, 0.2) is 11.5 Å². The Balaban J connectivity index is 3.14. The normalized spacial score (nSPS) is 12.5. The molecule has 0 radical (unpaired) electrons. The first-order chi connectivity index (χ1) is 7.11. The second kappa shape index (κ2) is 5.34. The van der Waals surface area contributed by atoms with Gasteiger partial charge in [-0.3, -0.25) is 0 Å². The highest BCUT2D eigenvalue weighted by atomic mass is 79.9. The number of ether oxygens (including phenoxy) is 1. The minimum atomic E-state index is -0.792. The molecule has 0 aliphatic heterocycles. The average molecular weight is 276 g/mol. The molecule has 84 valence electrons. The fraction of sp³-hybridized carbons (Fsp3) is 0.400. The van der Waals surface area contributed by atoms with Crippen molar-refractivity contribution in [1.82, 2.24) is 0 Å². The fourth-order valence-electron chi connectivity index (χ4n) is 1.35. The second-order valence-electron chi connectivity index (χ2n) is 3.11. The van der Waals surface area contributed by atoms with E-state index < -0.39 is 6.10 Å². The van der Waals surface area contributed by atoms with Gasteiger partial charge in [-0.15, -0.1) is 0 Å². The zero-order valence-electron chi connectivity index (χ0n) is 8.40. The number of nitrogens with two attached hydrogens (primary N) is 1. The van der Waals surface area contributed by atoms with Gasteiger partial charge >= 0.3 is 0 Å². The van der Waals surface area contributed by atoms with Gasteiger partial charge in [0.1, 0.15) is 0 Å². The monoisotopic (exact) mass is 275 g/mol. The highest BCUT2D eigenvalue weighted by Gasteiger charge is 2.18. The van der Waals surface area contributed by atoms with Gasteiger partial charge in [0, 0.05) is 10.0 Å². The molecule has 1 unspecified atom stereocenters. The van der Waals surface area contributed by atoms with E-state index in [9.17, 15) is 10.2 Å². The number of phenolic OH excluding ortho intramolecular Hbond substituents is 1. The molecule has 15 heavy (non-hydrogen) atoms. The lowest BCUT2D eigenvalue weighted by molar-refractivity contribution is 0.165. The summed E-state index contributed by atoms with van der Waals surface area (Å²) in [6.45, 7) is 0.351. The molecule has 1 atom stereocenters. The molecule has 0 bridgehead atoms. The van der Waals surface area contributed by atoms with Crippen LogP contribution in [0, 0.1) is 0 Å². The van der Waals surface area contributed by atoms with E-state index in [0.717, 1.165) is 0 Å². The predicted molar refractivity (Wildman–Crippen MR) is 61.0 cm³/mol. The molecule has 1 aromatic carbocycles. The first-order valence-electron chi connectivity index (χ1n) is 4.55. The molecule has 0 aliphatic rings. The molecule has 0 aliphatic carbocycles. The van der Waals surface area contributed by atoms with E-state index in [1.54, 1.807) is 12.1 Å². The predicted octanol–water partition coefficient (Wildman–Crippen LogP) is 1.55. The zero-order valence-corrected chi connectivity index (χ0v) is 9.99. The summed E-state index contributed by atoms with van der Waals surface area (Å²) >= 11 is 3.26. The van der Waals surface area contributed by atoms with E-state index in [1.165, 1.54) is 7.11 Å². The van der Waals surface area contributed by atoms with Crippen molar-refractivity contribution in [3.8, 4) is 11.5 Å². The highest BCUT2D eigenvalue weighted by Crippen LogP contribution is 2.39. The Hall–Kier alpha value is -0.780. The Bertz CT molecular complexity index is 344. The van der Waals surface area contributed by atoms with Gasteiger partial charge < -0.3 is 20.7 Å². The van der Waals surface area contributed by atoms with Crippen molar-refractivity contribution in [3.63, 3.8) is 0 Å². The van der Waals surface area contributed by atoms with E-state index in [2.05, 4.69) is 15.9 Å². The molecule has 1 rings (SSSR count). The van der Waals surface area contributed by atoms with Gasteiger partial charge in [0.25, 0.3) is 0 Å². The average Bonchev–Trinajstić information content (AvgIpc) is 2.18. The maximum atomic E-state index is 9.81. The number of hydrogen-bond donors (Lipinski definition) is 3. The Morgan fingerprint density at radius 1 is 1.53 bits per heavy atom. The van der Waals surface area contributed by atoms with Crippen LogP contribution < -0.4 is 10.5 Å². The van der Waals surface area contributed by atoms with Gasteiger partial charge in [-0.2, -0.15) is 0 Å². The topological polar surface area (TPSA) is 75.7 Å². The van der Waals surface area contributed by atoms with Gasteiger partial charge in [-0.05, 0) is 25.1 Å². The van der Waals surface area contributed by atoms with Crippen LogP contribution in [0.2, 0.25) is 0 Å². The van der Waals surface area contributed by atoms with Crippen molar-refractivity contribution < 1.29 is 14.9 Å². The minimum Gasteiger partial charge on any atom is -0.504 e. The highest BCUT2D eigenvalue weighted by molar-refractivity contribution is 9.10. The van der Waals surface area contributed by atoms with Crippen molar-refractivity contribution in [2.45, 2.75) is 12.5 Å². The number of aliphatic hydroxyl groups excluding tert-OH is 1. The Kier molecular flexibility index (Phi) is 4.38. The van der Waals surface area contributed by atoms with Crippen LogP contribution in [0.5, 0.6) is 11.5 Å².